The first-order chi connectivity index (χ1) is 4.74. The van der Waals surface area contributed by atoms with E-state index in [1.54, 1.807) is 3.58 Å². The van der Waals surface area contributed by atoms with Crippen LogP contribution in [0.4, 0.5) is 0 Å². The highest BCUT2D eigenvalue weighted by atomic mass is 127. The normalized spacial score (nSPS) is 33.7. The molecule has 1 aliphatic rings. The average Bonchev–Trinajstić information content (AvgIpc) is 1.94. The second-order valence-electron chi connectivity index (χ2n) is 3.24. The number of rotatable bonds is 1. The molecule has 1 heteroatoms. The van der Waals surface area contributed by atoms with Crippen molar-refractivity contribution in [3.63, 3.8) is 0 Å². The van der Waals surface area contributed by atoms with E-state index in [1.165, 1.54) is 19.3 Å². The van der Waals surface area contributed by atoms with E-state index in [0.29, 0.717) is 0 Å². The molecule has 0 aromatic heterocycles. The van der Waals surface area contributed by atoms with Gasteiger partial charge in [-0.25, -0.2) is 0 Å². The summed E-state index contributed by atoms with van der Waals surface area (Å²) in [5.74, 6) is 1.88. The lowest BCUT2D eigenvalue weighted by atomic mass is 9.83. The summed E-state index contributed by atoms with van der Waals surface area (Å²) in [5, 5.41) is 0. The molecule has 0 heterocycles. The molecule has 0 aromatic carbocycles. The maximum atomic E-state index is 2.47. The molecule has 2 unspecified atom stereocenters. The third kappa shape index (κ3) is 1.97. The van der Waals surface area contributed by atoms with E-state index >= 15 is 0 Å². The minimum absolute atomic E-state index is 0.920. The largest absolute Gasteiger partial charge is 0.0749 e. The monoisotopic (exact) mass is 250 g/mol. The first-order valence-corrected chi connectivity index (χ1v) is 5.16. The summed E-state index contributed by atoms with van der Waals surface area (Å²) in [5.41, 5.74) is 0. The Kier molecular flexibility index (Phi) is 3.21. The number of hydrogen-bond donors (Lipinski definition) is 0. The van der Waals surface area contributed by atoms with Gasteiger partial charge in [-0.2, -0.15) is 0 Å². The second-order valence-corrected chi connectivity index (χ2v) is 4.62. The fourth-order valence-electron chi connectivity index (χ4n) is 1.59. The van der Waals surface area contributed by atoms with Gasteiger partial charge in [0, 0.05) is 0 Å². The zero-order chi connectivity index (χ0) is 7.56. The van der Waals surface area contributed by atoms with Crippen molar-refractivity contribution in [3.8, 4) is 0 Å². The lowest BCUT2D eigenvalue weighted by Gasteiger charge is -2.25. The molecule has 0 nitrogen and oxygen atoms in total. The predicted octanol–water partition coefficient (Wildman–Crippen LogP) is 3.76. The van der Waals surface area contributed by atoms with Gasteiger partial charge in [-0.15, -0.1) is 0 Å². The van der Waals surface area contributed by atoms with Crippen LogP contribution in [-0.2, 0) is 0 Å². The minimum atomic E-state index is 0.920. The first kappa shape index (κ1) is 8.57. The van der Waals surface area contributed by atoms with E-state index in [9.17, 15) is 0 Å². The number of hydrogen-bond acceptors (Lipinski definition) is 0. The Bertz CT molecular complexity index is 138. The van der Waals surface area contributed by atoms with Gasteiger partial charge in [0.2, 0.25) is 0 Å². The molecule has 10 heavy (non-hydrogen) atoms. The number of halogens is 1. The molecule has 0 spiro atoms. The molecule has 58 valence electrons. The molecule has 0 radical (unpaired) electrons. The molecule has 0 saturated carbocycles. The van der Waals surface area contributed by atoms with E-state index in [1.807, 2.05) is 0 Å². The quantitative estimate of drug-likeness (QED) is 0.621. The summed E-state index contributed by atoms with van der Waals surface area (Å²) in [6, 6.07) is 0. The molecule has 0 saturated heterocycles. The van der Waals surface area contributed by atoms with Gasteiger partial charge in [0.05, 0.1) is 0 Å². The van der Waals surface area contributed by atoms with Gasteiger partial charge in [0.1, 0.15) is 0 Å². The van der Waals surface area contributed by atoms with Crippen molar-refractivity contribution >= 4 is 22.6 Å². The van der Waals surface area contributed by atoms with Gasteiger partial charge in [-0.1, -0.05) is 26.3 Å². The van der Waals surface area contributed by atoms with Gasteiger partial charge in [-0.05, 0) is 50.8 Å². The zero-order valence-electron chi connectivity index (χ0n) is 6.73. The fourth-order valence-corrected chi connectivity index (χ4v) is 2.41. The maximum absolute atomic E-state index is 2.47. The van der Waals surface area contributed by atoms with E-state index in [-0.39, 0.29) is 0 Å². The summed E-state index contributed by atoms with van der Waals surface area (Å²) in [6.07, 6.45) is 6.37. The van der Waals surface area contributed by atoms with E-state index in [2.05, 4.69) is 42.5 Å². The Labute approximate surface area is 77.2 Å². The minimum Gasteiger partial charge on any atom is -0.0749 e. The molecule has 1 rings (SSSR count). The Hall–Kier alpha value is 0.470. The summed E-state index contributed by atoms with van der Waals surface area (Å²) in [6.45, 7) is 4.67. The van der Waals surface area contributed by atoms with Crippen LogP contribution in [0, 0.1) is 11.8 Å². The molecule has 0 fully saturated rings. The summed E-state index contributed by atoms with van der Waals surface area (Å²) < 4.78 is 1.57. The van der Waals surface area contributed by atoms with Crippen molar-refractivity contribution < 1.29 is 0 Å². The Balaban J connectivity index is 2.53. The predicted molar refractivity (Wildman–Crippen MR) is 54.3 cm³/mol. The van der Waals surface area contributed by atoms with Crippen LogP contribution in [0.5, 0.6) is 0 Å². The Morgan fingerprint density at radius 2 is 2.40 bits per heavy atom. The van der Waals surface area contributed by atoms with Crippen LogP contribution in [-0.4, -0.2) is 0 Å². The molecule has 0 amide bonds. The topological polar surface area (TPSA) is 0 Å². The van der Waals surface area contributed by atoms with Crippen molar-refractivity contribution in [3.05, 3.63) is 9.66 Å². The van der Waals surface area contributed by atoms with E-state index in [0.717, 1.165) is 11.8 Å². The Morgan fingerprint density at radius 1 is 1.70 bits per heavy atom. The van der Waals surface area contributed by atoms with Crippen LogP contribution in [0.3, 0.4) is 0 Å². The van der Waals surface area contributed by atoms with Crippen LogP contribution < -0.4 is 0 Å². The van der Waals surface area contributed by atoms with Crippen molar-refractivity contribution in [2.24, 2.45) is 11.8 Å². The van der Waals surface area contributed by atoms with Gasteiger partial charge < -0.3 is 0 Å². The molecular formula is C9H15I. The third-order valence-electron chi connectivity index (χ3n) is 2.50. The molecule has 0 aromatic rings. The summed E-state index contributed by atoms with van der Waals surface area (Å²) >= 11 is 2.47. The van der Waals surface area contributed by atoms with E-state index in [4.69, 9.17) is 0 Å². The highest BCUT2D eigenvalue weighted by molar-refractivity contribution is 14.1. The van der Waals surface area contributed by atoms with Crippen molar-refractivity contribution in [2.75, 3.05) is 0 Å². The van der Waals surface area contributed by atoms with Gasteiger partial charge in [0.25, 0.3) is 0 Å². The average molecular weight is 250 g/mol. The molecular weight excluding hydrogens is 235 g/mol. The van der Waals surface area contributed by atoms with Crippen LogP contribution >= 0.6 is 22.6 Å². The van der Waals surface area contributed by atoms with Crippen molar-refractivity contribution in [1.82, 2.24) is 0 Å². The zero-order valence-corrected chi connectivity index (χ0v) is 8.89. The third-order valence-corrected chi connectivity index (χ3v) is 3.38. The highest BCUT2D eigenvalue weighted by Gasteiger charge is 2.18. The lowest BCUT2D eigenvalue weighted by molar-refractivity contribution is 0.338. The second kappa shape index (κ2) is 3.74. The van der Waals surface area contributed by atoms with Gasteiger partial charge in [-0.3, -0.25) is 0 Å². The summed E-state index contributed by atoms with van der Waals surface area (Å²) in [7, 11) is 0. The van der Waals surface area contributed by atoms with Crippen LogP contribution in [0.2, 0.25) is 0 Å². The molecule has 0 aliphatic heterocycles. The molecule has 0 N–H and O–H groups in total. The molecule has 0 bridgehead atoms. The standard InChI is InChI=1S/C9H15I/c1-3-8-6-9(10)5-4-7(8)2/h5,7-8H,3-4,6H2,1-2H3. The van der Waals surface area contributed by atoms with Crippen LogP contribution in [0.25, 0.3) is 0 Å². The smallest absolute Gasteiger partial charge is 0.0131 e. The lowest BCUT2D eigenvalue weighted by Crippen LogP contribution is -2.13. The van der Waals surface area contributed by atoms with Crippen molar-refractivity contribution in [1.29, 1.82) is 0 Å². The SMILES string of the molecule is CCC1CC(I)=CCC1C. The van der Waals surface area contributed by atoms with Crippen LogP contribution in [0.15, 0.2) is 9.66 Å². The van der Waals surface area contributed by atoms with Crippen molar-refractivity contribution in [2.45, 2.75) is 33.1 Å². The molecule has 2 atom stereocenters. The van der Waals surface area contributed by atoms with Crippen LogP contribution in [0.1, 0.15) is 33.1 Å². The number of allylic oxidation sites excluding steroid dienone is 2. The maximum Gasteiger partial charge on any atom is -0.0131 e. The van der Waals surface area contributed by atoms with E-state index < -0.39 is 0 Å². The highest BCUT2D eigenvalue weighted by Crippen LogP contribution is 2.33. The first-order valence-electron chi connectivity index (χ1n) is 4.08. The van der Waals surface area contributed by atoms with Gasteiger partial charge >= 0.3 is 0 Å². The molecule has 1 aliphatic carbocycles. The van der Waals surface area contributed by atoms with Gasteiger partial charge in [0.15, 0.2) is 0 Å². The fraction of sp³-hybridized carbons (Fsp3) is 0.778. The summed E-state index contributed by atoms with van der Waals surface area (Å²) in [4.78, 5) is 0. The Morgan fingerprint density at radius 3 is 2.90 bits per heavy atom.